The lowest BCUT2D eigenvalue weighted by Gasteiger charge is -1.95. The summed E-state index contributed by atoms with van der Waals surface area (Å²) in [5.74, 6) is 0.320. The molecule has 2 aromatic rings. The Morgan fingerprint density at radius 3 is 2.31 bits per heavy atom. The summed E-state index contributed by atoms with van der Waals surface area (Å²) in [7, 11) is -3.85. The van der Waals surface area contributed by atoms with E-state index in [1.807, 2.05) is 0 Å². The fraction of sp³-hybridized carbons (Fsp3) is 0. The van der Waals surface area contributed by atoms with Crippen LogP contribution in [-0.2, 0) is 10.0 Å². The molecule has 0 aliphatic rings. The summed E-state index contributed by atoms with van der Waals surface area (Å²) in [5, 5.41) is 12.2. The van der Waals surface area contributed by atoms with Gasteiger partial charge in [0.05, 0.1) is 0 Å². The van der Waals surface area contributed by atoms with Gasteiger partial charge in [-0.15, -0.1) is 10.2 Å². The molecule has 1 aromatic heterocycles. The van der Waals surface area contributed by atoms with Crippen LogP contribution in [0.25, 0.3) is 11.4 Å². The molecule has 84 valence electrons. The molecule has 0 saturated carbocycles. The van der Waals surface area contributed by atoms with E-state index in [2.05, 4.69) is 15.2 Å². The minimum atomic E-state index is -3.85. The van der Waals surface area contributed by atoms with Crippen molar-refractivity contribution in [3.63, 3.8) is 0 Å². The predicted octanol–water partition coefficient (Wildman–Crippen LogP) is 0.773. The van der Waals surface area contributed by atoms with Gasteiger partial charge >= 0.3 is 0 Å². The van der Waals surface area contributed by atoms with Gasteiger partial charge in [0.15, 0.2) is 5.82 Å². The highest BCUT2D eigenvalue weighted by molar-refractivity contribution is 7.89. The molecule has 1 aromatic carbocycles. The highest BCUT2D eigenvalue weighted by atomic mass is 35.5. The first kappa shape index (κ1) is 11.1. The first-order valence-corrected chi connectivity index (χ1v) is 6.11. The Bertz CT molecular complexity index is 605. The predicted molar refractivity (Wildman–Crippen MR) is 58.2 cm³/mol. The van der Waals surface area contributed by atoms with Crippen molar-refractivity contribution in [2.24, 2.45) is 5.14 Å². The monoisotopic (exact) mass is 258 g/mol. The lowest BCUT2D eigenvalue weighted by Crippen LogP contribution is -2.13. The van der Waals surface area contributed by atoms with Gasteiger partial charge in [0.1, 0.15) is 0 Å². The van der Waals surface area contributed by atoms with E-state index in [-0.39, 0.29) is 5.16 Å². The molecular formula is C8H7ClN4O2S. The van der Waals surface area contributed by atoms with E-state index in [0.29, 0.717) is 16.4 Å². The summed E-state index contributed by atoms with van der Waals surface area (Å²) in [4.78, 5) is 2.51. The Labute approximate surface area is 96.5 Å². The van der Waals surface area contributed by atoms with Crippen LogP contribution in [0.5, 0.6) is 0 Å². The van der Waals surface area contributed by atoms with Crippen LogP contribution >= 0.6 is 11.6 Å². The standard InChI is InChI=1S/C8H7ClN4O2S/c9-6-3-1-5(2-4-6)7-11-8(13-12-7)16(10,14)15/h1-4H,(H2,10,14,15)(H,11,12,13). The molecule has 16 heavy (non-hydrogen) atoms. The molecule has 0 unspecified atom stereocenters. The van der Waals surface area contributed by atoms with E-state index in [0.717, 1.165) is 0 Å². The normalized spacial score (nSPS) is 11.6. The minimum Gasteiger partial charge on any atom is -0.311 e. The van der Waals surface area contributed by atoms with Gasteiger partial charge in [-0.05, 0) is 24.3 Å². The van der Waals surface area contributed by atoms with Gasteiger partial charge in [0.2, 0.25) is 0 Å². The number of nitrogens with zero attached hydrogens (tertiary/aromatic N) is 2. The number of rotatable bonds is 2. The molecule has 0 aliphatic carbocycles. The summed E-state index contributed by atoms with van der Waals surface area (Å²) < 4.78 is 21.9. The zero-order valence-electron chi connectivity index (χ0n) is 7.88. The third-order valence-corrected chi connectivity index (χ3v) is 2.83. The first-order chi connectivity index (χ1) is 7.47. The molecule has 8 heteroatoms. The summed E-state index contributed by atoms with van der Waals surface area (Å²) >= 11 is 5.71. The van der Waals surface area contributed by atoms with Gasteiger partial charge in [0, 0.05) is 10.6 Å². The minimum absolute atomic E-state index is 0.320. The van der Waals surface area contributed by atoms with Crippen molar-refractivity contribution in [2.45, 2.75) is 5.16 Å². The second-order valence-corrected chi connectivity index (χ2v) is 4.94. The lowest BCUT2D eigenvalue weighted by molar-refractivity contribution is 0.589. The maximum atomic E-state index is 11.0. The highest BCUT2D eigenvalue weighted by Crippen LogP contribution is 2.18. The summed E-state index contributed by atoms with van der Waals surface area (Å²) in [5.41, 5.74) is 0.673. The molecule has 0 fully saturated rings. The van der Waals surface area contributed by atoms with Crippen LogP contribution in [0.4, 0.5) is 0 Å². The smallest absolute Gasteiger partial charge is 0.273 e. The number of primary sulfonamides is 1. The molecule has 0 aliphatic heterocycles. The lowest BCUT2D eigenvalue weighted by atomic mass is 10.2. The first-order valence-electron chi connectivity index (χ1n) is 4.18. The number of H-pyrrole nitrogens is 1. The highest BCUT2D eigenvalue weighted by Gasteiger charge is 2.14. The molecule has 2 rings (SSSR count). The van der Waals surface area contributed by atoms with Gasteiger partial charge in [0.25, 0.3) is 15.2 Å². The molecule has 0 spiro atoms. The second-order valence-electron chi connectivity index (χ2n) is 3.03. The fourth-order valence-electron chi connectivity index (χ4n) is 1.11. The Kier molecular flexibility index (Phi) is 2.66. The number of nitrogens with one attached hydrogen (secondary N) is 1. The molecule has 3 N–H and O–H groups in total. The van der Waals surface area contributed by atoms with E-state index in [1.54, 1.807) is 24.3 Å². The quantitative estimate of drug-likeness (QED) is 0.831. The van der Waals surface area contributed by atoms with Crippen molar-refractivity contribution in [1.29, 1.82) is 0 Å². The zero-order valence-corrected chi connectivity index (χ0v) is 9.46. The number of sulfonamides is 1. The van der Waals surface area contributed by atoms with Gasteiger partial charge in [-0.2, -0.15) is 0 Å². The summed E-state index contributed by atoms with van der Waals surface area (Å²) in [6, 6.07) is 6.71. The number of hydrogen-bond donors (Lipinski definition) is 2. The number of halogens is 1. The number of aromatic nitrogens is 3. The maximum Gasteiger partial charge on any atom is 0.273 e. The van der Waals surface area contributed by atoms with Crippen molar-refractivity contribution in [1.82, 2.24) is 15.2 Å². The number of nitrogens with two attached hydrogens (primary N) is 1. The molecular weight excluding hydrogens is 252 g/mol. The Morgan fingerprint density at radius 1 is 1.19 bits per heavy atom. The molecule has 0 atom stereocenters. The second kappa shape index (κ2) is 3.85. The average molecular weight is 259 g/mol. The number of benzene rings is 1. The van der Waals surface area contributed by atoms with E-state index in [1.165, 1.54) is 0 Å². The SMILES string of the molecule is NS(=O)(=O)c1nnc(-c2ccc(Cl)cc2)[nH]1. The van der Waals surface area contributed by atoms with Crippen LogP contribution in [0.15, 0.2) is 29.4 Å². The van der Waals surface area contributed by atoms with E-state index >= 15 is 0 Å². The Hall–Kier alpha value is -1.44. The molecule has 0 amide bonds. The zero-order chi connectivity index (χ0) is 11.8. The third-order valence-electron chi connectivity index (χ3n) is 1.85. The van der Waals surface area contributed by atoms with Gasteiger partial charge in [-0.25, -0.2) is 13.6 Å². The van der Waals surface area contributed by atoms with Crippen molar-refractivity contribution in [3.05, 3.63) is 29.3 Å². The van der Waals surface area contributed by atoms with Crippen molar-refractivity contribution in [2.75, 3.05) is 0 Å². The number of aromatic amines is 1. The van der Waals surface area contributed by atoms with Crippen molar-refractivity contribution in [3.8, 4) is 11.4 Å². The molecule has 0 saturated heterocycles. The maximum absolute atomic E-state index is 11.0. The van der Waals surface area contributed by atoms with Crippen LogP contribution < -0.4 is 5.14 Å². The van der Waals surface area contributed by atoms with Crippen LogP contribution in [0.3, 0.4) is 0 Å². The third kappa shape index (κ3) is 2.21. The number of hydrogen-bond acceptors (Lipinski definition) is 4. The van der Waals surface area contributed by atoms with Crippen molar-refractivity contribution < 1.29 is 8.42 Å². The molecule has 0 radical (unpaired) electrons. The Balaban J connectivity index is 2.43. The van der Waals surface area contributed by atoms with E-state index in [4.69, 9.17) is 16.7 Å². The summed E-state index contributed by atoms with van der Waals surface area (Å²) in [6.45, 7) is 0. The molecule has 6 nitrogen and oxygen atoms in total. The summed E-state index contributed by atoms with van der Waals surface area (Å²) in [6.07, 6.45) is 0. The largest absolute Gasteiger partial charge is 0.311 e. The molecule has 0 bridgehead atoms. The van der Waals surface area contributed by atoms with Crippen LogP contribution in [0.1, 0.15) is 0 Å². The molecule has 1 heterocycles. The van der Waals surface area contributed by atoms with Crippen LogP contribution in [0, 0.1) is 0 Å². The van der Waals surface area contributed by atoms with Crippen LogP contribution in [-0.4, -0.2) is 23.6 Å². The fourth-order valence-corrected chi connectivity index (χ4v) is 1.63. The topological polar surface area (TPSA) is 102 Å². The van der Waals surface area contributed by atoms with Gasteiger partial charge in [-0.3, -0.25) is 0 Å². The Morgan fingerprint density at radius 2 is 1.81 bits per heavy atom. The van der Waals surface area contributed by atoms with Crippen LogP contribution in [0.2, 0.25) is 5.02 Å². The average Bonchev–Trinajstić information content (AvgIpc) is 2.67. The van der Waals surface area contributed by atoms with E-state index in [9.17, 15) is 8.42 Å². The van der Waals surface area contributed by atoms with Gasteiger partial charge < -0.3 is 4.98 Å². The van der Waals surface area contributed by atoms with E-state index < -0.39 is 10.0 Å². The van der Waals surface area contributed by atoms with Crippen molar-refractivity contribution >= 4 is 21.6 Å². The van der Waals surface area contributed by atoms with Gasteiger partial charge in [-0.1, -0.05) is 11.6 Å².